The molecular formula is C40H62O10. The molecule has 4 atom stereocenters. The molecule has 2 aliphatic heterocycles. The largest absolute Gasteiger partial charge is 0.466 e. The highest BCUT2D eigenvalue weighted by atomic mass is 16.5. The number of cyclic esters (lactones) is 2. The Bertz CT molecular complexity index is 1060. The summed E-state index contributed by atoms with van der Waals surface area (Å²) in [6.45, 7) is 13.5. The van der Waals surface area contributed by atoms with Crippen LogP contribution in [0.5, 0.6) is 0 Å². The summed E-state index contributed by atoms with van der Waals surface area (Å²) in [6, 6.07) is 0. The molecule has 0 radical (unpaired) electrons. The second-order valence-electron chi connectivity index (χ2n) is 13.6. The standard InChI is InChI=1S/C10H20O2.C8H12O2.C8H10O2.2C7H10O2/c1-3-5-6-7-8-10(11)12-9-4-2;2*9-8-7-5-6(7)3-1-2-4-10-8;2*1-2-5-9-7(8)6-3-4-6/h3-9H2,1-2H3;6-7H,1-5H2;1-2,6-7H,3-5H2;2*2,6H,1,3-5H2. The van der Waals surface area contributed by atoms with E-state index in [0.29, 0.717) is 57.2 Å². The van der Waals surface area contributed by atoms with E-state index in [1.165, 1.54) is 25.7 Å². The van der Waals surface area contributed by atoms with E-state index in [2.05, 4.69) is 26.2 Å². The van der Waals surface area contributed by atoms with Crippen molar-refractivity contribution in [2.24, 2.45) is 35.5 Å². The fourth-order valence-electron chi connectivity index (χ4n) is 5.16. The average molecular weight is 703 g/mol. The molecule has 0 bridgehead atoms. The summed E-state index contributed by atoms with van der Waals surface area (Å²) in [5, 5.41) is 0. The van der Waals surface area contributed by atoms with Crippen LogP contribution in [0.4, 0.5) is 0 Å². The molecule has 10 heteroatoms. The van der Waals surface area contributed by atoms with Gasteiger partial charge in [0.15, 0.2) is 0 Å². The van der Waals surface area contributed by atoms with Crippen LogP contribution in [0.3, 0.4) is 0 Å². The van der Waals surface area contributed by atoms with Crippen LogP contribution in [0.15, 0.2) is 37.5 Å². The molecule has 6 rings (SSSR count). The summed E-state index contributed by atoms with van der Waals surface area (Å²) in [6.07, 6.45) is 24.1. The zero-order valence-electron chi connectivity index (χ0n) is 30.6. The second kappa shape index (κ2) is 25.5. The normalized spacial score (nSPS) is 23.7. The minimum absolute atomic E-state index is 0.00866. The van der Waals surface area contributed by atoms with Crippen LogP contribution in [-0.4, -0.2) is 62.9 Å². The van der Waals surface area contributed by atoms with Crippen LogP contribution in [0.2, 0.25) is 0 Å². The second-order valence-corrected chi connectivity index (χ2v) is 13.6. The smallest absolute Gasteiger partial charge is 0.309 e. The maximum atomic E-state index is 11.0. The summed E-state index contributed by atoms with van der Waals surface area (Å²) in [5.74, 6) is 2.16. The van der Waals surface area contributed by atoms with Gasteiger partial charge in [-0.25, -0.2) is 0 Å². The highest BCUT2D eigenvalue weighted by Gasteiger charge is 2.44. The van der Waals surface area contributed by atoms with Crippen LogP contribution >= 0.6 is 0 Å². The van der Waals surface area contributed by atoms with Gasteiger partial charge in [0.05, 0.1) is 36.9 Å². The van der Waals surface area contributed by atoms with E-state index in [9.17, 15) is 24.0 Å². The molecule has 0 aromatic heterocycles. The van der Waals surface area contributed by atoms with E-state index >= 15 is 0 Å². The van der Waals surface area contributed by atoms with Crippen molar-refractivity contribution in [1.82, 2.24) is 0 Å². The summed E-state index contributed by atoms with van der Waals surface area (Å²) in [7, 11) is 0. The summed E-state index contributed by atoms with van der Waals surface area (Å²) >= 11 is 0. The van der Waals surface area contributed by atoms with E-state index in [-0.39, 0.29) is 47.6 Å². The van der Waals surface area contributed by atoms with Gasteiger partial charge in [-0.15, -0.1) is 0 Å². The molecule has 50 heavy (non-hydrogen) atoms. The molecule has 4 saturated carbocycles. The van der Waals surface area contributed by atoms with Gasteiger partial charge in [0.2, 0.25) is 0 Å². The number of carbonyl (C=O) groups is 5. The van der Waals surface area contributed by atoms with Gasteiger partial charge in [-0.2, -0.15) is 0 Å². The number of unbranched alkanes of at least 4 members (excludes halogenated alkanes) is 3. The van der Waals surface area contributed by atoms with Crippen LogP contribution < -0.4 is 0 Å². The highest BCUT2D eigenvalue weighted by molar-refractivity contribution is 5.76. The molecule has 282 valence electrons. The van der Waals surface area contributed by atoms with E-state index < -0.39 is 0 Å². The van der Waals surface area contributed by atoms with Gasteiger partial charge in [-0.05, 0) is 88.9 Å². The van der Waals surface area contributed by atoms with E-state index in [0.717, 1.165) is 70.6 Å². The van der Waals surface area contributed by atoms with Crippen molar-refractivity contribution in [1.29, 1.82) is 0 Å². The fourth-order valence-corrected chi connectivity index (χ4v) is 5.16. The number of rotatable bonds is 13. The minimum atomic E-state index is -0.0603. The maximum Gasteiger partial charge on any atom is 0.309 e. The third-order valence-corrected chi connectivity index (χ3v) is 8.80. The molecule has 4 unspecified atom stereocenters. The zero-order chi connectivity index (χ0) is 36.6. The van der Waals surface area contributed by atoms with E-state index in [4.69, 9.17) is 23.7 Å². The summed E-state index contributed by atoms with van der Waals surface area (Å²) < 4.78 is 24.4. The lowest BCUT2D eigenvalue weighted by atomic mass is 10.1. The van der Waals surface area contributed by atoms with E-state index in [1.807, 2.05) is 13.0 Å². The summed E-state index contributed by atoms with van der Waals surface area (Å²) in [4.78, 5) is 54.3. The Morgan fingerprint density at radius 3 is 1.92 bits per heavy atom. The number of hydrogen-bond acceptors (Lipinski definition) is 10. The average Bonchev–Trinajstić information content (AvgIpc) is 3.93. The van der Waals surface area contributed by atoms with Crippen molar-refractivity contribution in [3.05, 3.63) is 37.5 Å². The fraction of sp³-hybridized carbons (Fsp3) is 0.725. The number of carbonyl (C=O) groups excluding carboxylic acids is 5. The number of esters is 5. The number of hydrogen-bond donors (Lipinski definition) is 0. The van der Waals surface area contributed by atoms with Crippen molar-refractivity contribution in [2.75, 3.05) is 33.0 Å². The monoisotopic (exact) mass is 702 g/mol. The molecule has 0 spiro atoms. The number of allylic oxidation sites excluding steroid dienone is 1. The SMILES string of the molecule is C=CCOC(=O)C1CC1.C=CCOC(=O)C1CC1.CCCCCCC(=O)OCCC.O=C1OCC=CCC2CC12.O=C1OCCCCC2CC12. The van der Waals surface area contributed by atoms with Crippen LogP contribution in [0.1, 0.15) is 117 Å². The van der Waals surface area contributed by atoms with Crippen molar-refractivity contribution in [3.8, 4) is 0 Å². The first-order valence-electron chi connectivity index (χ1n) is 18.9. The predicted molar refractivity (Wildman–Crippen MR) is 190 cm³/mol. The van der Waals surface area contributed by atoms with Crippen LogP contribution in [0, 0.1) is 35.5 Å². The molecule has 1 saturated heterocycles. The third-order valence-electron chi connectivity index (χ3n) is 8.80. The van der Waals surface area contributed by atoms with Gasteiger partial charge in [0.1, 0.15) is 19.8 Å². The van der Waals surface area contributed by atoms with Crippen LogP contribution in [0.25, 0.3) is 0 Å². The molecule has 6 aliphatic rings. The Morgan fingerprint density at radius 2 is 1.34 bits per heavy atom. The lowest BCUT2D eigenvalue weighted by molar-refractivity contribution is -0.146. The molecule has 0 amide bonds. The molecule has 0 N–H and O–H groups in total. The van der Waals surface area contributed by atoms with Gasteiger partial charge < -0.3 is 23.7 Å². The predicted octanol–water partition coefficient (Wildman–Crippen LogP) is 7.64. The van der Waals surface area contributed by atoms with Gasteiger partial charge in [-0.3, -0.25) is 24.0 Å². The first-order valence-corrected chi connectivity index (χ1v) is 18.9. The van der Waals surface area contributed by atoms with Gasteiger partial charge >= 0.3 is 29.8 Å². The molecule has 4 aliphatic carbocycles. The van der Waals surface area contributed by atoms with Gasteiger partial charge in [-0.1, -0.05) is 70.6 Å². The lowest BCUT2D eigenvalue weighted by Gasteiger charge is -2.07. The summed E-state index contributed by atoms with van der Waals surface area (Å²) in [5.41, 5.74) is 0. The van der Waals surface area contributed by atoms with Crippen molar-refractivity contribution in [3.63, 3.8) is 0 Å². The van der Waals surface area contributed by atoms with Gasteiger partial charge in [0.25, 0.3) is 0 Å². The Hall–Kier alpha value is -3.43. The number of ether oxygens (including phenoxy) is 5. The molecule has 5 fully saturated rings. The van der Waals surface area contributed by atoms with Crippen molar-refractivity contribution >= 4 is 29.8 Å². The first kappa shape index (κ1) is 42.7. The quantitative estimate of drug-likeness (QED) is 0.0817. The molecule has 2 heterocycles. The van der Waals surface area contributed by atoms with Crippen molar-refractivity contribution in [2.45, 2.75) is 117 Å². The lowest BCUT2D eigenvalue weighted by Crippen LogP contribution is -2.11. The minimum Gasteiger partial charge on any atom is -0.466 e. The zero-order valence-corrected chi connectivity index (χ0v) is 30.6. The number of fused-ring (bicyclic) bond motifs is 2. The van der Waals surface area contributed by atoms with Gasteiger partial charge in [0, 0.05) is 6.42 Å². The maximum absolute atomic E-state index is 11.0. The van der Waals surface area contributed by atoms with E-state index in [1.54, 1.807) is 12.2 Å². The van der Waals surface area contributed by atoms with Crippen LogP contribution in [-0.2, 0) is 47.7 Å². The topological polar surface area (TPSA) is 132 Å². The molecular weight excluding hydrogens is 640 g/mol. The Kier molecular flexibility index (Phi) is 21.8. The molecule has 0 aromatic carbocycles. The Morgan fingerprint density at radius 1 is 0.740 bits per heavy atom. The Balaban J connectivity index is 0.000000217. The first-order chi connectivity index (χ1) is 24.2. The molecule has 0 aromatic rings. The third kappa shape index (κ3) is 20.3. The molecule has 10 nitrogen and oxygen atoms in total. The Labute approximate surface area is 299 Å². The van der Waals surface area contributed by atoms with Crippen molar-refractivity contribution < 1.29 is 47.7 Å². The highest BCUT2D eigenvalue weighted by Crippen LogP contribution is 2.44.